The van der Waals surface area contributed by atoms with Crippen LogP contribution >= 0.6 is 43.5 Å². The number of benzene rings is 2. The first-order valence-electron chi connectivity index (χ1n) is 12.5. The van der Waals surface area contributed by atoms with Crippen LogP contribution in [0.4, 0.5) is 0 Å². The molecule has 1 saturated heterocycles. The van der Waals surface area contributed by atoms with Crippen molar-refractivity contribution >= 4 is 55.3 Å². The highest BCUT2D eigenvalue weighted by Gasteiger charge is 2.36. The second-order valence-electron chi connectivity index (χ2n) is 9.99. The van der Waals surface area contributed by atoms with E-state index >= 15 is 0 Å². The summed E-state index contributed by atoms with van der Waals surface area (Å²) < 4.78 is 2.03. The molecule has 2 N–H and O–H groups in total. The second-order valence-corrected chi connectivity index (χ2v) is 12.2. The van der Waals surface area contributed by atoms with Gasteiger partial charge in [0.2, 0.25) is 11.8 Å². The van der Waals surface area contributed by atoms with Crippen molar-refractivity contribution in [3.05, 3.63) is 96.1 Å². The molecule has 5 nitrogen and oxygen atoms in total. The van der Waals surface area contributed by atoms with Crippen molar-refractivity contribution in [1.29, 1.82) is 0 Å². The van der Waals surface area contributed by atoms with Crippen LogP contribution in [-0.2, 0) is 35.3 Å². The molecule has 1 aliphatic heterocycles. The van der Waals surface area contributed by atoms with Gasteiger partial charge >= 0.3 is 0 Å². The van der Waals surface area contributed by atoms with Crippen LogP contribution in [0.25, 0.3) is 0 Å². The number of piperidine rings is 1. The Morgan fingerprint density at radius 2 is 1.70 bits per heavy atom. The highest BCUT2D eigenvalue weighted by molar-refractivity contribution is 9.10. The number of nitrogens with zero attached hydrogens (tertiary/aromatic N) is 2. The Labute approximate surface area is 239 Å². The summed E-state index contributed by atoms with van der Waals surface area (Å²) in [7, 11) is 0. The van der Waals surface area contributed by atoms with Crippen LogP contribution in [0.3, 0.4) is 0 Å². The van der Waals surface area contributed by atoms with Crippen molar-refractivity contribution in [2.75, 3.05) is 13.1 Å². The summed E-state index contributed by atoms with van der Waals surface area (Å²) in [6.07, 6.45) is 6.06. The summed E-state index contributed by atoms with van der Waals surface area (Å²) in [6.45, 7) is 1.43. The lowest BCUT2D eigenvalue weighted by Crippen LogP contribution is -2.41. The zero-order valence-electron chi connectivity index (χ0n) is 20.4. The fourth-order valence-electron chi connectivity index (χ4n) is 5.85. The van der Waals surface area contributed by atoms with Crippen molar-refractivity contribution in [1.82, 2.24) is 9.88 Å². The molecule has 2 aliphatic rings. The van der Waals surface area contributed by atoms with Crippen LogP contribution < -0.4 is 5.73 Å². The van der Waals surface area contributed by atoms with Gasteiger partial charge in [-0.3, -0.25) is 14.6 Å². The number of hydrogen-bond acceptors (Lipinski definition) is 3. The first-order chi connectivity index (χ1) is 17.8. The topological polar surface area (TPSA) is 76.3 Å². The molecule has 0 saturated carbocycles. The van der Waals surface area contributed by atoms with E-state index in [2.05, 4.69) is 44.0 Å². The smallest absolute Gasteiger partial charge is 0.226 e. The molecule has 0 bridgehead atoms. The number of fused-ring (bicyclic) bond motifs is 2. The Bertz CT molecular complexity index is 1350. The number of rotatable bonds is 5. The Morgan fingerprint density at radius 1 is 1.00 bits per heavy atom. The summed E-state index contributed by atoms with van der Waals surface area (Å²) in [5.74, 6) is 0.258. The fourth-order valence-corrected chi connectivity index (χ4v) is 7.35. The molecule has 37 heavy (non-hydrogen) atoms. The quantitative estimate of drug-likeness (QED) is 0.370. The van der Waals surface area contributed by atoms with Crippen molar-refractivity contribution in [3.8, 4) is 0 Å². The van der Waals surface area contributed by atoms with Crippen LogP contribution in [0.5, 0.6) is 0 Å². The molecule has 192 valence electrons. The zero-order valence-corrected chi connectivity index (χ0v) is 24.3. The van der Waals surface area contributed by atoms with Gasteiger partial charge < -0.3 is 10.6 Å². The lowest BCUT2D eigenvalue weighted by molar-refractivity contribution is -0.131. The van der Waals surface area contributed by atoms with Crippen LogP contribution in [0.2, 0.25) is 5.02 Å². The second kappa shape index (κ2) is 11.3. The number of carbonyl (C=O) groups excluding carboxylic acids is 2. The summed E-state index contributed by atoms with van der Waals surface area (Å²) >= 11 is 13.9. The maximum Gasteiger partial charge on any atom is 0.226 e. The van der Waals surface area contributed by atoms with Gasteiger partial charge in [0.25, 0.3) is 0 Å². The molecular formula is C29H28Br2ClN3O2. The van der Waals surface area contributed by atoms with E-state index in [9.17, 15) is 9.59 Å². The van der Waals surface area contributed by atoms with Crippen LogP contribution in [0.15, 0.2) is 57.6 Å². The average molecular weight is 646 g/mol. The molecule has 1 aromatic heterocycles. The summed E-state index contributed by atoms with van der Waals surface area (Å²) in [5.41, 5.74) is 12.0. The van der Waals surface area contributed by atoms with Crippen molar-refractivity contribution in [2.24, 2.45) is 11.7 Å². The molecule has 1 atom stereocenters. The lowest BCUT2D eigenvalue weighted by atomic mass is 9.76. The SMILES string of the molecule is NC(=O)Cc1cccc(CC(=O)N2CCC([C@H]3c4ncc(Br)cc4CCc4cc(Cl)cc(Br)c43)CC2)c1. The van der Waals surface area contributed by atoms with Crippen molar-refractivity contribution < 1.29 is 9.59 Å². The van der Waals surface area contributed by atoms with E-state index in [0.29, 0.717) is 25.4 Å². The Kier molecular flexibility index (Phi) is 8.03. The first kappa shape index (κ1) is 26.4. The molecule has 0 radical (unpaired) electrons. The number of carbonyl (C=O) groups is 2. The van der Waals surface area contributed by atoms with Crippen molar-refractivity contribution in [3.63, 3.8) is 0 Å². The fraction of sp³-hybridized carbons (Fsp3) is 0.345. The highest BCUT2D eigenvalue weighted by atomic mass is 79.9. The van der Waals surface area contributed by atoms with Gasteiger partial charge in [-0.15, -0.1) is 0 Å². The van der Waals surface area contributed by atoms with E-state index in [1.165, 1.54) is 16.7 Å². The third-order valence-electron chi connectivity index (χ3n) is 7.51. The van der Waals surface area contributed by atoms with E-state index in [4.69, 9.17) is 22.3 Å². The molecule has 3 aromatic rings. The number of likely N-dealkylation sites (tertiary alicyclic amines) is 1. The third kappa shape index (κ3) is 5.94. The van der Waals surface area contributed by atoms with Crippen LogP contribution in [-0.4, -0.2) is 34.8 Å². The van der Waals surface area contributed by atoms with Gasteiger partial charge in [-0.2, -0.15) is 0 Å². The zero-order chi connectivity index (χ0) is 26.1. The van der Waals surface area contributed by atoms with Gasteiger partial charge in [0.15, 0.2) is 0 Å². The van der Waals surface area contributed by atoms with Gasteiger partial charge in [-0.25, -0.2) is 0 Å². The Balaban J connectivity index is 1.35. The van der Waals surface area contributed by atoms with E-state index in [0.717, 1.165) is 56.5 Å². The molecule has 1 aliphatic carbocycles. The number of aryl methyl sites for hydroxylation is 2. The molecule has 2 heterocycles. The summed E-state index contributed by atoms with van der Waals surface area (Å²) in [5, 5.41) is 0.741. The van der Waals surface area contributed by atoms with Gasteiger partial charge in [0.1, 0.15) is 0 Å². The minimum Gasteiger partial charge on any atom is -0.369 e. The van der Waals surface area contributed by atoms with Gasteiger partial charge in [-0.1, -0.05) is 51.8 Å². The summed E-state index contributed by atoms with van der Waals surface area (Å²) in [6, 6.07) is 13.9. The molecule has 2 amide bonds. The maximum absolute atomic E-state index is 13.2. The van der Waals surface area contributed by atoms with Crippen LogP contribution in [0.1, 0.15) is 52.3 Å². The lowest BCUT2D eigenvalue weighted by Gasteiger charge is -2.37. The maximum atomic E-state index is 13.2. The molecule has 0 spiro atoms. The monoisotopic (exact) mass is 643 g/mol. The van der Waals surface area contributed by atoms with Gasteiger partial charge in [0, 0.05) is 39.2 Å². The predicted molar refractivity (Wildman–Crippen MR) is 153 cm³/mol. The molecule has 8 heteroatoms. The molecule has 5 rings (SSSR count). The number of hydrogen-bond donors (Lipinski definition) is 1. The van der Waals surface area contributed by atoms with E-state index < -0.39 is 0 Å². The molecule has 1 fully saturated rings. The largest absolute Gasteiger partial charge is 0.369 e. The van der Waals surface area contributed by atoms with Crippen molar-refractivity contribution in [2.45, 2.75) is 44.4 Å². The highest BCUT2D eigenvalue weighted by Crippen LogP contribution is 2.46. The normalized spacial score (nSPS) is 17.6. The molecule has 0 unspecified atom stereocenters. The predicted octanol–water partition coefficient (Wildman–Crippen LogP) is 6.00. The third-order valence-corrected chi connectivity index (χ3v) is 8.81. The summed E-state index contributed by atoms with van der Waals surface area (Å²) in [4.78, 5) is 31.3. The Morgan fingerprint density at radius 3 is 2.43 bits per heavy atom. The molecular weight excluding hydrogens is 618 g/mol. The number of amides is 2. The number of halogens is 3. The number of primary amides is 1. The first-order valence-corrected chi connectivity index (χ1v) is 14.5. The number of nitrogens with two attached hydrogens (primary N) is 1. The Hall–Kier alpha value is -2.22. The van der Waals surface area contributed by atoms with E-state index in [1.807, 2.05) is 41.4 Å². The number of aromatic nitrogens is 1. The minimum atomic E-state index is -0.372. The molecule has 2 aromatic carbocycles. The number of pyridine rings is 1. The average Bonchev–Trinajstić information content (AvgIpc) is 3.01. The standard InChI is InChI=1S/C29H28Br2ClN3O2/c30-22-13-21-5-4-20-14-23(32)15-24(31)27(20)28(29(21)34-16-22)19-6-8-35(9-7-19)26(37)12-18-3-1-2-17(10-18)11-25(33)36/h1-3,10,13-16,19,28H,4-9,11-12H2,(H2,33,36)/t28-/m1/s1. The van der Waals surface area contributed by atoms with E-state index in [1.54, 1.807) is 0 Å². The van der Waals surface area contributed by atoms with Crippen LogP contribution in [0, 0.1) is 5.92 Å². The minimum absolute atomic E-state index is 0.117. The van der Waals surface area contributed by atoms with E-state index in [-0.39, 0.29) is 24.2 Å². The van der Waals surface area contributed by atoms with Gasteiger partial charge in [0.05, 0.1) is 18.5 Å². The van der Waals surface area contributed by atoms with Gasteiger partial charge in [-0.05, 0) is 93.5 Å².